The first-order chi connectivity index (χ1) is 3.73. The van der Waals surface area contributed by atoms with Gasteiger partial charge >= 0.3 is 142 Å². The van der Waals surface area contributed by atoms with Gasteiger partial charge in [-0.2, -0.15) is 7.82 Å². The predicted molar refractivity (Wildman–Crippen MR) is 14.5 cm³/mol. The van der Waals surface area contributed by atoms with Gasteiger partial charge in [0.25, 0.3) is 0 Å². The molecular formula is K2O7P2Zn2. The molecule has 13 heteroatoms. The minimum Gasteiger partial charge on any atom is -0.854 e. The van der Waals surface area contributed by atoms with E-state index in [4.69, 9.17) is 33.9 Å². The summed E-state index contributed by atoms with van der Waals surface area (Å²) in [6, 6.07) is 0. The molecule has 0 amide bonds. The first kappa shape index (κ1) is 36.1. The van der Waals surface area contributed by atoms with Crippen molar-refractivity contribution >= 4 is 16.4 Å². The quantitative estimate of drug-likeness (QED) is 0.297. The molecule has 0 aliphatic carbocycles. The van der Waals surface area contributed by atoms with E-state index in [1.165, 1.54) is 0 Å². The van der Waals surface area contributed by atoms with Crippen LogP contribution in [0.1, 0.15) is 0 Å². The molecule has 0 aromatic carbocycles. The fourth-order valence-electron chi connectivity index (χ4n) is 0. The van der Waals surface area contributed by atoms with Crippen molar-refractivity contribution in [3.05, 3.63) is 0 Å². The van der Waals surface area contributed by atoms with Crippen LogP contribution in [0.25, 0.3) is 0 Å². The summed E-state index contributed by atoms with van der Waals surface area (Å²) in [7, 11) is -8.76. The van der Waals surface area contributed by atoms with Gasteiger partial charge in [0.2, 0.25) is 0 Å². The maximum atomic E-state index is 8.55. The average Bonchev–Trinajstić information content (AvgIpc) is 1.19. The van der Waals surface area contributed by atoms with E-state index in [9.17, 15) is 0 Å². The normalized spacial score (nSPS) is 7.31. The van der Waals surface area contributed by atoms with E-state index in [0.29, 0.717) is 0 Å². The molecule has 58 valence electrons. The molecule has 0 aliphatic rings. The van der Waals surface area contributed by atoms with Gasteiger partial charge in [-0.15, -0.1) is 0 Å². The van der Waals surface area contributed by atoms with Crippen LogP contribution in [0.4, 0.5) is 0 Å². The molecule has 13 heavy (non-hydrogen) atoms. The molecule has 0 saturated heterocycles. The standard InChI is InChI=1S/2K.H3O4P.O3P.2Zn/c;;1-5(2,3)4;1-4(2)3;;/h;;(H3,1,2,3,4);;;/q2*+1;;-3;2*+2/p-3. The molecule has 0 unspecified atom stereocenters. The van der Waals surface area contributed by atoms with Crippen molar-refractivity contribution in [2.75, 3.05) is 0 Å². The summed E-state index contributed by atoms with van der Waals surface area (Å²) < 4.78 is 8.55. The Morgan fingerprint density at radius 1 is 0.846 bits per heavy atom. The van der Waals surface area contributed by atoms with Gasteiger partial charge in [0, 0.05) is 0 Å². The molecule has 0 radical (unpaired) electrons. The summed E-state index contributed by atoms with van der Waals surface area (Å²) in [5.41, 5.74) is 0. The van der Waals surface area contributed by atoms with Crippen LogP contribution < -0.4 is 132 Å². The zero-order valence-corrected chi connectivity index (χ0v) is 21.1. The second kappa shape index (κ2) is 22.1. The van der Waals surface area contributed by atoms with Gasteiger partial charge in [0.15, 0.2) is 0 Å². The predicted octanol–water partition coefficient (Wildman–Crippen LogP) is -11.5. The van der Waals surface area contributed by atoms with Crippen LogP contribution in [0, 0.1) is 0 Å². The third-order valence-corrected chi connectivity index (χ3v) is 0. The molecule has 0 fully saturated rings. The number of rotatable bonds is 0. The molecule has 0 heterocycles. The Morgan fingerprint density at radius 3 is 0.846 bits per heavy atom. The van der Waals surface area contributed by atoms with E-state index in [-0.39, 0.29) is 142 Å². The molecule has 0 aromatic heterocycles. The Balaban J connectivity index is -0.0000000146. The Bertz CT molecular complexity index is 93.6. The SMILES string of the molecule is O=P([O-])([O-])[O-].[K+].[K+].[O-]P([O-])[O-].[Zn+2].[Zn+2]. The molecular weight excluding hydrogens is 383 g/mol. The van der Waals surface area contributed by atoms with Crippen molar-refractivity contribution in [2.24, 2.45) is 0 Å². The molecule has 0 N–H and O–H groups in total. The van der Waals surface area contributed by atoms with Gasteiger partial charge in [-0.05, 0) is 0 Å². The Hall–Kier alpha value is 4.94. The molecule has 0 atom stereocenters. The molecule has 0 aromatic rings. The molecule has 0 rings (SSSR count). The molecule has 0 bridgehead atoms. The summed E-state index contributed by atoms with van der Waals surface area (Å²) in [5.74, 6) is 0. The number of phosphoric acid groups is 1. The number of hydrogen-bond donors (Lipinski definition) is 0. The zero-order chi connectivity index (χ0) is 8.08. The van der Waals surface area contributed by atoms with Gasteiger partial charge in [-0.1, -0.05) is 0 Å². The minimum atomic E-state index is -5.39. The fraction of sp³-hybridized carbons (Fsp3) is 0. The van der Waals surface area contributed by atoms with Gasteiger partial charge < -0.3 is 42.5 Å². The van der Waals surface area contributed by atoms with Crippen molar-refractivity contribution in [3.8, 4) is 0 Å². The van der Waals surface area contributed by atoms with Gasteiger partial charge in [0.05, 0.1) is 0 Å². The van der Waals surface area contributed by atoms with E-state index in [1.54, 1.807) is 0 Å². The fourth-order valence-corrected chi connectivity index (χ4v) is 0. The first-order valence-corrected chi connectivity index (χ1v) is 3.83. The topological polar surface area (TPSA) is 155 Å². The maximum Gasteiger partial charge on any atom is 2.00 e. The van der Waals surface area contributed by atoms with Crippen LogP contribution >= 0.6 is 16.4 Å². The summed E-state index contributed by atoms with van der Waals surface area (Å²) in [6.45, 7) is 0. The summed E-state index contributed by atoms with van der Waals surface area (Å²) >= 11 is 0. The van der Waals surface area contributed by atoms with Crippen LogP contribution in [-0.4, -0.2) is 0 Å². The van der Waals surface area contributed by atoms with Crippen molar-refractivity contribution in [3.63, 3.8) is 0 Å². The second-order valence-corrected chi connectivity index (χ2v) is 2.01. The Labute approximate surface area is 187 Å². The second-order valence-electron chi connectivity index (χ2n) is 0.671. The van der Waals surface area contributed by atoms with Crippen LogP contribution in [0.5, 0.6) is 0 Å². The Kier molecular flexibility index (Phi) is 61.5. The zero-order valence-electron chi connectivity index (χ0n) is 7.17. The van der Waals surface area contributed by atoms with E-state index >= 15 is 0 Å². The van der Waals surface area contributed by atoms with Gasteiger partial charge in [0.1, 0.15) is 0 Å². The van der Waals surface area contributed by atoms with E-state index in [1.807, 2.05) is 0 Å². The van der Waals surface area contributed by atoms with Gasteiger partial charge in [-0.25, -0.2) is 0 Å². The number of hydrogen-bond acceptors (Lipinski definition) is 7. The summed E-state index contributed by atoms with van der Waals surface area (Å²) in [6.07, 6.45) is 0. The maximum absolute atomic E-state index is 8.55. The van der Waals surface area contributed by atoms with Crippen LogP contribution in [0.15, 0.2) is 0 Å². The third kappa shape index (κ3) is 155. The van der Waals surface area contributed by atoms with Gasteiger partial charge in [-0.3, -0.25) is 0 Å². The smallest absolute Gasteiger partial charge is 0.854 e. The van der Waals surface area contributed by atoms with Crippen LogP contribution in [0.3, 0.4) is 0 Å². The Morgan fingerprint density at radius 2 is 0.846 bits per heavy atom. The van der Waals surface area contributed by atoms with E-state index in [0.717, 1.165) is 0 Å². The van der Waals surface area contributed by atoms with Crippen LogP contribution in [0.2, 0.25) is 0 Å². The molecule has 0 spiro atoms. The first-order valence-electron chi connectivity index (χ1n) is 1.28. The summed E-state index contributed by atoms with van der Waals surface area (Å²) in [5, 5.41) is 0. The van der Waals surface area contributed by atoms with E-state index < -0.39 is 16.4 Å². The average molecular weight is 383 g/mol. The largest absolute Gasteiger partial charge is 2.00 e. The van der Waals surface area contributed by atoms with Crippen molar-refractivity contribution < 1.29 is 176 Å². The molecule has 0 aliphatic heterocycles. The minimum absolute atomic E-state index is 0. The van der Waals surface area contributed by atoms with Crippen molar-refractivity contribution in [1.29, 1.82) is 0 Å². The van der Waals surface area contributed by atoms with E-state index in [2.05, 4.69) is 0 Å². The molecule has 7 nitrogen and oxygen atoms in total. The van der Waals surface area contributed by atoms with Crippen molar-refractivity contribution in [2.45, 2.75) is 0 Å². The summed E-state index contributed by atoms with van der Waals surface area (Å²) in [4.78, 5) is 51.1. The monoisotopic (exact) mass is 380 g/mol. The van der Waals surface area contributed by atoms with Crippen LogP contribution in [-0.2, 0) is 43.5 Å². The third-order valence-electron chi connectivity index (χ3n) is 0. The molecule has 0 saturated carbocycles. The van der Waals surface area contributed by atoms with Crippen molar-refractivity contribution in [1.82, 2.24) is 0 Å².